The van der Waals surface area contributed by atoms with Gasteiger partial charge >= 0.3 is 0 Å². The van der Waals surface area contributed by atoms with Gasteiger partial charge in [0.2, 0.25) is 0 Å². The van der Waals surface area contributed by atoms with Gasteiger partial charge in [-0.25, -0.2) is 0 Å². The largest absolute Gasteiger partial charge is 0.456 e. The van der Waals surface area contributed by atoms with Crippen molar-refractivity contribution in [1.82, 2.24) is 0 Å². The van der Waals surface area contributed by atoms with Crippen molar-refractivity contribution in [2.24, 2.45) is 0 Å². The smallest absolute Gasteiger partial charge is 0.136 e. The SMILES string of the molecule is c1ccc(-c2ccc(-c3ccc(N(c4ccc(-c5ccc6c(c5)oc5cc7ccccc7cc56)c(-c5ccccc5)c4)c4ccccc4-c4ccccc4)cc3)cc2)cc1. The summed E-state index contributed by atoms with van der Waals surface area (Å²) < 4.78 is 6.56. The van der Waals surface area contributed by atoms with Crippen LogP contribution in [0.15, 0.2) is 241 Å². The third-order valence-corrected chi connectivity index (χ3v) is 11.7. The van der Waals surface area contributed by atoms with Crippen molar-refractivity contribution in [3.05, 3.63) is 237 Å². The lowest BCUT2D eigenvalue weighted by Crippen LogP contribution is -2.11. The van der Waals surface area contributed by atoms with Crippen LogP contribution in [0.4, 0.5) is 17.1 Å². The van der Waals surface area contributed by atoms with E-state index in [0.29, 0.717) is 0 Å². The number of hydrogen-bond donors (Lipinski definition) is 0. The Hall–Kier alpha value is -7.94. The topological polar surface area (TPSA) is 16.4 Å². The van der Waals surface area contributed by atoms with Gasteiger partial charge in [-0.2, -0.15) is 0 Å². The fourth-order valence-corrected chi connectivity index (χ4v) is 8.66. The van der Waals surface area contributed by atoms with Crippen molar-refractivity contribution in [3.63, 3.8) is 0 Å². The van der Waals surface area contributed by atoms with Crippen molar-refractivity contribution in [1.29, 1.82) is 0 Å². The molecule has 0 saturated carbocycles. The van der Waals surface area contributed by atoms with Crippen molar-refractivity contribution in [3.8, 4) is 55.6 Å². The number of nitrogens with zero attached hydrogens (tertiary/aromatic N) is 1. The minimum Gasteiger partial charge on any atom is -0.456 e. The number of benzene rings is 10. The van der Waals surface area contributed by atoms with E-state index in [1.807, 2.05) is 0 Å². The van der Waals surface area contributed by atoms with E-state index in [1.54, 1.807) is 0 Å². The molecule has 0 aliphatic rings. The quantitative estimate of drug-likeness (QED) is 0.153. The Bertz CT molecular complexity index is 3280. The second-order valence-electron chi connectivity index (χ2n) is 15.3. The molecule has 0 atom stereocenters. The van der Waals surface area contributed by atoms with Crippen LogP contribution in [0.2, 0.25) is 0 Å². The van der Waals surface area contributed by atoms with Crippen LogP contribution in [0.5, 0.6) is 0 Å². The Morgan fingerprint density at radius 3 is 1.42 bits per heavy atom. The molecule has 1 heterocycles. The summed E-state index contributed by atoms with van der Waals surface area (Å²) in [5.74, 6) is 0. The zero-order valence-corrected chi connectivity index (χ0v) is 32.9. The Morgan fingerprint density at radius 2 is 0.750 bits per heavy atom. The van der Waals surface area contributed by atoms with E-state index in [9.17, 15) is 0 Å². The highest BCUT2D eigenvalue weighted by atomic mass is 16.3. The molecule has 60 heavy (non-hydrogen) atoms. The van der Waals surface area contributed by atoms with Gasteiger partial charge in [0, 0.05) is 27.7 Å². The van der Waals surface area contributed by atoms with Crippen LogP contribution in [-0.4, -0.2) is 0 Å². The van der Waals surface area contributed by atoms with Crippen LogP contribution in [0.3, 0.4) is 0 Å². The van der Waals surface area contributed by atoms with Crippen molar-refractivity contribution < 1.29 is 4.42 Å². The van der Waals surface area contributed by atoms with Gasteiger partial charge in [0.05, 0.1) is 5.69 Å². The molecule has 0 aliphatic carbocycles. The Kier molecular flexibility index (Phi) is 8.87. The van der Waals surface area contributed by atoms with E-state index in [2.05, 4.69) is 241 Å². The molecule has 0 saturated heterocycles. The maximum atomic E-state index is 6.56. The Morgan fingerprint density at radius 1 is 0.267 bits per heavy atom. The molecular weight excluding hydrogens is 727 g/mol. The summed E-state index contributed by atoms with van der Waals surface area (Å²) in [4.78, 5) is 2.40. The van der Waals surface area contributed by atoms with Gasteiger partial charge in [-0.1, -0.05) is 182 Å². The minimum absolute atomic E-state index is 0.883. The lowest BCUT2D eigenvalue weighted by molar-refractivity contribution is 0.669. The maximum absolute atomic E-state index is 6.56. The summed E-state index contributed by atoms with van der Waals surface area (Å²) in [5, 5.41) is 4.65. The average molecular weight is 766 g/mol. The number of fused-ring (bicyclic) bond motifs is 4. The first-order chi connectivity index (χ1) is 29.7. The number of anilines is 3. The van der Waals surface area contributed by atoms with E-state index in [0.717, 1.165) is 66.8 Å². The highest BCUT2D eigenvalue weighted by Gasteiger charge is 2.20. The molecule has 11 rings (SSSR count). The third-order valence-electron chi connectivity index (χ3n) is 11.7. The van der Waals surface area contributed by atoms with Crippen molar-refractivity contribution in [2.45, 2.75) is 0 Å². The molecule has 0 unspecified atom stereocenters. The predicted molar refractivity (Wildman–Crippen MR) is 253 cm³/mol. The van der Waals surface area contributed by atoms with Gasteiger partial charge in [-0.15, -0.1) is 0 Å². The zero-order valence-electron chi connectivity index (χ0n) is 32.9. The lowest BCUT2D eigenvalue weighted by atomic mass is 9.92. The first kappa shape index (κ1) is 35.2. The van der Waals surface area contributed by atoms with Gasteiger partial charge in [0.25, 0.3) is 0 Å². The molecule has 0 spiro atoms. The van der Waals surface area contributed by atoms with E-state index < -0.39 is 0 Å². The first-order valence-corrected chi connectivity index (χ1v) is 20.5. The maximum Gasteiger partial charge on any atom is 0.136 e. The molecule has 2 heteroatoms. The van der Waals surface area contributed by atoms with Crippen LogP contribution in [-0.2, 0) is 0 Å². The number of furan rings is 1. The second kappa shape index (κ2) is 15.1. The molecule has 0 amide bonds. The average Bonchev–Trinajstić information content (AvgIpc) is 3.68. The van der Waals surface area contributed by atoms with Crippen molar-refractivity contribution in [2.75, 3.05) is 4.90 Å². The summed E-state index contributed by atoms with van der Waals surface area (Å²) in [6.45, 7) is 0. The highest BCUT2D eigenvalue weighted by molar-refractivity contribution is 6.11. The predicted octanol–water partition coefficient (Wildman–Crippen LogP) is 16.5. The van der Waals surface area contributed by atoms with Gasteiger partial charge < -0.3 is 9.32 Å². The van der Waals surface area contributed by atoms with E-state index in [1.165, 1.54) is 38.6 Å². The summed E-state index contributed by atoms with van der Waals surface area (Å²) in [7, 11) is 0. The van der Waals surface area contributed by atoms with Crippen LogP contribution in [0.25, 0.3) is 88.3 Å². The summed E-state index contributed by atoms with van der Waals surface area (Å²) >= 11 is 0. The van der Waals surface area contributed by atoms with Gasteiger partial charge in [-0.05, 0) is 115 Å². The minimum atomic E-state index is 0.883. The highest BCUT2D eigenvalue weighted by Crippen LogP contribution is 2.45. The number of rotatable bonds is 8. The zero-order chi connectivity index (χ0) is 39.8. The molecule has 0 radical (unpaired) electrons. The Balaban J connectivity index is 1.04. The second-order valence-corrected chi connectivity index (χ2v) is 15.3. The molecule has 0 N–H and O–H groups in total. The molecule has 1 aromatic heterocycles. The van der Waals surface area contributed by atoms with Gasteiger partial charge in [0.15, 0.2) is 0 Å². The van der Waals surface area contributed by atoms with Crippen LogP contribution in [0.1, 0.15) is 0 Å². The van der Waals surface area contributed by atoms with Gasteiger partial charge in [-0.3, -0.25) is 0 Å². The summed E-state index contributed by atoms with van der Waals surface area (Å²) in [6, 6.07) is 84.9. The fourth-order valence-electron chi connectivity index (χ4n) is 8.66. The third kappa shape index (κ3) is 6.51. The summed E-state index contributed by atoms with van der Waals surface area (Å²) in [6.07, 6.45) is 0. The van der Waals surface area contributed by atoms with E-state index >= 15 is 0 Å². The molecule has 10 aromatic carbocycles. The number of para-hydroxylation sites is 1. The standard InChI is InChI=1S/C58H39NO/c1-4-14-40(15-5-1)41-24-26-42(27-25-41)43-28-31-49(32-29-43)59(56-23-13-12-22-52(56)44-16-6-2-7-17-44)50-33-35-51(54(39-50)45-18-8-3-9-19-45)48-30-34-53-55-36-46-20-10-11-21-47(46)37-58(55)60-57(53)38-48/h1-39H. The summed E-state index contributed by atoms with van der Waals surface area (Å²) in [5.41, 5.74) is 16.7. The molecule has 0 fully saturated rings. The molecule has 282 valence electrons. The van der Waals surface area contributed by atoms with Gasteiger partial charge in [0.1, 0.15) is 11.2 Å². The molecular formula is C58H39NO. The van der Waals surface area contributed by atoms with E-state index in [4.69, 9.17) is 4.42 Å². The first-order valence-electron chi connectivity index (χ1n) is 20.5. The van der Waals surface area contributed by atoms with Crippen LogP contribution in [0, 0.1) is 0 Å². The molecule has 2 nitrogen and oxygen atoms in total. The Labute approximate surface area is 349 Å². The van der Waals surface area contributed by atoms with Crippen molar-refractivity contribution >= 4 is 49.8 Å². The molecule has 11 aromatic rings. The monoisotopic (exact) mass is 765 g/mol. The van der Waals surface area contributed by atoms with E-state index in [-0.39, 0.29) is 0 Å². The van der Waals surface area contributed by atoms with Crippen LogP contribution >= 0.6 is 0 Å². The fraction of sp³-hybridized carbons (Fsp3) is 0. The lowest BCUT2D eigenvalue weighted by Gasteiger charge is -2.29. The molecule has 0 aliphatic heterocycles. The number of hydrogen-bond acceptors (Lipinski definition) is 2. The van der Waals surface area contributed by atoms with Crippen LogP contribution < -0.4 is 4.90 Å². The normalized spacial score (nSPS) is 11.3. The molecule has 0 bridgehead atoms.